The van der Waals surface area contributed by atoms with E-state index in [1.807, 2.05) is 6.92 Å². The number of nitrogens with one attached hydrogen (secondary N) is 1. The maximum Gasteiger partial charge on any atom is 0.217 e. The third-order valence-electron chi connectivity index (χ3n) is 4.43. The molecule has 2 rings (SSSR count). The Morgan fingerprint density at radius 3 is 2.32 bits per heavy atom. The molecule has 2 aliphatic rings. The van der Waals surface area contributed by atoms with Crippen LogP contribution in [0.4, 0.5) is 0 Å². The zero-order chi connectivity index (χ0) is 14.1. The van der Waals surface area contributed by atoms with E-state index >= 15 is 0 Å². The fraction of sp³-hybridized carbons (Fsp3) is 0.917. The largest absolute Gasteiger partial charge is 0.387 e. The Bertz CT molecular complexity index is 435. The van der Waals surface area contributed by atoms with Crippen LogP contribution in [-0.4, -0.2) is 50.1 Å². The predicted molar refractivity (Wildman–Crippen MR) is 73.6 cm³/mol. The maximum atomic E-state index is 12.5. The van der Waals surface area contributed by atoms with Crippen LogP contribution < -0.4 is 5.73 Å². The zero-order valence-corrected chi connectivity index (χ0v) is 12.2. The van der Waals surface area contributed by atoms with Crippen molar-refractivity contribution in [2.24, 2.45) is 11.1 Å². The number of nitrogens with zero attached hydrogens (tertiary/aromatic N) is 1. The molecule has 0 unspecified atom stereocenters. The fourth-order valence-corrected chi connectivity index (χ4v) is 4.59. The van der Waals surface area contributed by atoms with E-state index in [9.17, 15) is 8.42 Å². The van der Waals surface area contributed by atoms with Gasteiger partial charge in [-0.2, -0.15) is 0 Å². The first kappa shape index (κ1) is 14.7. The molecule has 19 heavy (non-hydrogen) atoms. The third-order valence-corrected chi connectivity index (χ3v) is 6.82. The summed E-state index contributed by atoms with van der Waals surface area (Å²) in [6, 6.07) is 0. The van der Waals surface area contributed by atoms with E-state index in [-0.39, 0.29) is 16.5 Å². The number of sulfonamides is 1. The van der Waals surface area contributed by atoms with Gasteiger partial charge >= 0.3 is 0 Å². The molecular formula is C12H23N3O3S. The minimum atomic E-state index is -3.22. The molecule has 0 radical (unpaired) electrons. The van der Waals surface area contributed by atoms with Gasteiger partial charge in [0.1, 0.15) is 0 Å². The lowest BCUT2D eigenvalue weighted by atomic mass is 9.80. The molecule has 0 aromatic heterocycles. The van der Waals surface area contributed by atoms with E-state index in [4.69, 9.17) is 15.9 Å². The molecule has 0 aliphatic carbocycles. The Kier molecular flexibility index (Phi) is 4.17. The van der Waals surface area contributed by atoms with Crippen molar-refractivity contribution in [2.75, 3.05) is 26.3 Å². The Balaban J connectivity index is 2.02. The van der Waals surface area contributed by atoms with Crippen LogP contribution in [0.3, 0.4) is 0 Å². The van der Waals surface area contributed by atoms with Gasteiger partial charge in [0.25, 0.3) is 0 Å². The lowest BCUT2D eigenvalue weighted by molar-refractivity contribution is 0.0966. The van der Waals surface area contributed by atoms with E-state index < -0.39 is 10.0 Å². The van der Waals surface area contributed by atoms with Crippen molar-refractivity contribution in [3.05, 3.63) is 0 Å². The smallest absolute Gasteiger partial charge is 0.217 e. The number of hydrogen-bond donors (Lipinski definition) is 2. The van der Waals surface area contributed by atoms with Crippen LogP contribution in [0.15, 0.2) is 0 Å². The standard InChI is InChI=1S/C12H23N3O3S/c1-12(11(13)14)4-6-15(7-5-12)19(16,17)10-2-8-18-9-3-10/h10H,2-9H2,1H3,(H3,13,14). The molecule has 0 bridgehead atoms. The van der Waals surface area contributed by atoms with Gasteiger partial charge in [0.15, 0.2) is 0 Å². The van der Waals surface area contributed by atoms with E-state index in [1.54, 1.807) is 4.31 Å². The summed E-state index contributed by atoms with van der Waals surface area (Å²) in [5.74, 6) is 0.163. The van der Waals surface area contributed by atoms with Crippen molar-refractivity contribution in [1.29, 1.82) is 5.41 Å². The Labute approximate surface area is 114 Å². The van der Waals surface area contributed by atoms with Gasteiger partial charge < -0.3 is 10.5 Å². The molecule has 2 heterocycles. The van der Waals surface area contributed by atoms with Crippen LogP contribution in [0.1, 0.15) is 32.6 Å². The average molecular weight is 289 g/mol. The van der Waals surface area contributed by atoms with Gasteiger partial charge in [-0.05, 0) is 25.7 Å². The molecule has 110 valence electrons. The topological polar surface area (TPSA) is 96.5 Å². The molecule has 0 aromatic carbocycles. The van der Waals surface area contributed by atoms with Gasteiger partial charge in [-0.15, -0.1) is 0 Å². The Hall–Kier alpha value is -0.660. The second-order valence-corrected chi connectivity index (χ2v) is 7.94. The van der Waals surface area contributed by atoms with E-state index in [1.165, 1.54) is 0 Å². The summed E-state index contributed by atoms with van der Waals surface area (Å²) in [6.45, 7) is 3.94. The second-order valence-electron chi connectivity index (χ2n) is 5.73. The van der Waals surface area contributed by atoms with Gasteiger partial charge in [0.05, 0.1) is 11.1 Å². The summed E-state index contributed by atoms with van der Waals surface area (Å²) < 4.78 is 31.8. The summed E-state index contributed by atoms with van der Waals surface area (Å²) in [6.07, 6.45) is 2.43. The van der Waals surface area contributed by atoms with Crippen molar-refractivity contribution in [1.82, 2.24) is 4.31 Å². The highest BCUT2D eigenvalue weighted by Crippen LogP contribution is 2.33. The Morgan fingerprint density at radius 2 is 1.84 bits per heavy atom. The van der Waals surface area contributed by atoms with E-state index in [2.05, 4.69) is 0 Å². The van der Waals surface area contributed by atoms with Crippen molar-refractivity contribution in [3.8, 4) is 0 Å². The van der Waals surface area contributed by atoms with Gasteiger partial charge in [-0.1, -0.05) is 6.92 Å². The summed E-state index contributed by atoms with van der Waals surface area (Å²) in [7, 11) is -3.22. The van der Waals surface area contributed by atoms with Crippen LogP contribution in [-0.2, 0) is 14.8 Å². The van der Waals surface area contributed by atoms with Crippen LogP contribution >= 0.6 is 0 Å². The van der Waals surface area contributed by atoms with Crippen molar-refractivity contribution in [2.45, 2.75) is 37.9 Å². The lowest BCUT2D eigenvalue weighted by Gasteiger charge is -2.39. The summed E-state index contributed by atoms with van der Waals surface area (Å²) >= 11 is 0. The number of rotatable bonds is 3. The highest BCUT2D eigenvalue weighted by molar-refractivity contribution is 7.89. The van der Waals surface area contributed by atoms with Gasteiger partial charge in [0, 0.05) is 31.7 Å². The molecule has 7 heteroatoms. The molecule has 0 spiro atoms. The summed E-state index contributed by atoms with van der Waals surface area (Å²) in [4.78, 5) is 0. The fourth-order valence-electron chi connectivity index (χ4n) is 2.69. The van der Waals surface area contributed by atoms with Crippen LogP contribution in [0.5, 0.6) is 0 Å². The van der Waals surface area contributed by atoms with E-state index in [0.717, 1.165) is 0 Å². The zero-order valence-electron chi connectivity index (χ0n) is 11.4. The number of nitrogens with two attached hydrogens (primary N) is 1. The first-order chi connectivity index (χ1) is 8.86. The number of ether oxygens (including phenoxy) is 1. The third kappa shape index (κ3) is 2.93. The van der Waals surface area contributed by atoms with Crippen molar-refractivity contribution in [3.63, 3.8) is 0 Å². The van der Waals surface area contributed by atoms with E-state index in [0.29, 0.717) is 52.0 Å². The molecule has 2 fully saturated rings. The quantitative estimate of drug-likeness (QED) is 0.585. The molecular weight excluding hydrogens is 266 g/mol. The number of amidine groups is 1. The molecule has 2 saturated heterocycles. The molecule has 0 amide bonds. The van der Waals surface area contributed by atoms with Crippen LogP contribution in [0.2, 0.25) is 0 Å². The minimum absolute atomic E-state index is 0.163. The van der Waals surface area contributed by atoms with Gasteiger partial charge in [-0.25, -0.2) is 12.7 Å². The number of hydrogen-bond acceptors (Lipinski definition) is 4. The minimum Gasteiger partial charge on any atom is -0.387 e. The van der Waals surface area contributed by atoms with Gasteiger partial charge in [-0.3, -0.25) is 5.41 Å². The first-order valence-electron chi connectivity index (χ1n) is 6.77. The monoisotopic (exact) mass is 289 g/mol. The normalized spacial score (nSPS) is 26.2. The maximum absolute atomic E-state index is 12.5. The van der Waals surface area contributed by atoms with Gasteiger partial charge in [0.2, 0.25) is 10.0 Å². The predicted octanol–water partition coefficient (Wildman–Crippen LogP) is 0.533. The second kappa shape index (κ2) is 5.38. The highest BCUT2D eigenvalue weighted by Gasteiger charge is 2.40. The lowest BCUT2D eigenvalue weighted by Crippen LogP contribution is -2.50. The van der Waals surface area contributed by atoms with Crippen LogP contribution in [0.25, 0.3) is 0 Å². The molecule has 6 nitrogen and oxygen atoms in total. The van der Waals surface area contributed by atoms with Crippen molar-refractivity contribution >= 4 is 15.9 Å². The molecule has 2 aliphatic heterocycles. The first-order valence-corrected chi connectivity index (χ1v) is 8.28. The molecule has 3 N–H and O–H groups in total. The van der Waals surface area contributed by atoms with Crippen molar-refractivity contribution < 1.29 is 13.2 Å². The Morgan fingerprint density at radius 1 is 1.32 bits per heavy atom. The van der Waals surface area contributed by atoms with Crippen LogP contribution in [0, 0.1) is 10.8 Å². The molecule has 0 aromatic rings. The SMILES string of the molecule is CC1(C(=N)N)CCN(S(=O)(=O)C2CCOCC2)CC1. The highest BCUT2D eigenvalue weighted by atomic mass is 32.2. The molecule has 0 saturated carbocycles. The number of piperidine rings is 1. The molecule has 0 atom stereocenters. The average Bonchev–Trinajstić information content (AvgIpc) is 2.40. The summed E-state index contributed by atoms with van der Waals surface area (Å²) in [5, 5.41) is 7.29. The summed E-state index contributed by atoms with van der Waals surface area (Å²) in [5.41, 5.74) is 5.25.